The maximum atomic E-state index is 12.7. The highest BCUT2D eigenvalue weighted by Gasteiger charge is 2.45. The first-order chi connectivity index (χ1) is 13.9. The molecule has 2 aliphatic rings. The summed E-state index contributed by atoms with van der Waals surface area (Å²) >= 11 is 5.90. The minimum Gasteiger partial charge on any atom is -0.341 e. The summed E-state index contributed by atoms with van der Waals surface area (Å²) < 4.78 is 1.39. The number of halogens is 1. The van der Waals surface area contributed by atoms with Crippen LogP contribution in [0.4, 0.5) is 0 Å². The quantitative estimate of drug-likeness (QED) is 0.837. The molecule has 1 aromatic carbocycles. The molecule has 2 amide bonds. The van der Waals surface area contributed by atoms with E-state index in [0.29, 0.717) is 16.1 Å². The largest absolute Gasteiger partial charge is 0.341 e. The van der Waals surface area contributed by atoms with Gasteiger partial charge in [-0.2, -0.15) is 10.4 Å². The van der Waals surface area contributed by atoms with Gasteiger partial charge in [-0.25, -0.2) is 4.68 Å². The summed E-state index contributed by atoms with van der Waals surface area (Å²) in [6.07, 6.45) is 5.99. The van der Waals surface area contributed by atoms with Crippen LogP contribution >= 0.6 is 11.6 Å². The molecule has 1 spiro atoms. The number of carbonyl (C=O) groups excluding carboxylic acids is 2. The Bertz CT molecular complexity index is 977. The maximum Gasteiger partial charge on any atom is 0.256 e. The van der Waals surface area contributed by atoms with Crippen LogP contribution in [0.2, 0.25) is 5.02 Å². The van der Waals surface area contributed by atoms with E-state index >= 15 is 0 Å². The molecule has 0 bridgehead atoms. The molecule has 0 unspecified atom stereocenters. The summed E-state index contributed by atoms with van der Waals surface area (Å²) in [5.74, 6) is -0.573. The van der Waals surface area contributed by atoms with E-state index in [9.17, 15) is 14.9 Å². The zero-order valence-corrected chi connectivity index (χ0v) is 16.9. The third-order valence-electron chi connectivity index (χ3n) is 6.00. The standard InChI is InChI=1S/C21H22ClN5O2/c1-14(20(29)26-10-8-21(6-7-21)9-11-26)25-19(28)17-13-24-27(18(17)12-23)16-4-2-15(22)3-5-16/h2-5,13-14H,6-11H2,1H3,(H,25,28)/t14-/m1/s1. The minimum absolute atomic E-state index is 0.0857. The molecule has 1 N–H and O–H groups in total. The third kappa shape index (κ3) is 3.85. The first-order valence-electron chi connectivity index (χ1n) is 9.76. The minimum atomic E-state index is -0.666. The van der Waals surface area contributed by atoms with Crippen molar-refractivity contribution >= 4 is 23.4 Å². The van der Waals surface area contributed by atoms with Gasteiger partial charge in [0.1, 0.15) is 12.1 Å². The Hall–Kier alpha value is -2.85. The molecule has 2 heterocycles. The Morgan fingerprint density at radius 2 is 1.86 bits per heavy atom. The second-order valence-electron chi connectivity index (χ2n) is 7.93. The van der Waals surface area contributed by atoms with Gasteiger partial charge in [0.05, 0.1) is 17.4 Å². The number of likely N-dealkylation sites (tertiary alicyclic amines) is 1. The lowest BCUT2D eigenvalue weighted by Gasteiger charge is -2.33. The fourth-order valence-electron chi connectivity index (χ4n) is 3.89. The number of benzene rings is 1. The van der Waals surface area contributed by atoms with Crippen molar-refractivity contribution in [1.82, 2.24) is 20.0 Å². The topological polar surface area (TPSA) is 91.0 Å². The number of hydrogen-bond acceptors (Lipinski definition) is 4. The number of hydrogen-bond donors (Lipinski definition) is 1. The molecule has 29 heavy (non-hydrogen) atoms. The van der Waals surface area contributed by atoms with Crippen LogP contribution in [0.3, 0.4) is 0 Å². The van der Waals surface area contributed by atoms with Crippen LogP contribution in [0.1, 0.15) is 48.7 Å². The van der Waals surface area contributed by atoms with Gasteiger partial charge in [0.25, 0.3) is 5.91 Å². The predicted molar refractivity (Wildman–Crippen MR) is 108 cm³/mol. The van der Waals surface area contributed by atoms with Crippen molar-refractivity contribution in [1.29, 1.82) is 5.26 Å². The third-order valence-corrected chi connectivity index (χ3v) is 6.25. The van der Waals surface area contributed by atoms with Crippen LogP contribution in [0, 0.1) is 16.7 Å². The number of nitriles is 1. The molecular weight excluding hydrogens is 390 g/mol. The number of carbonyl (C=O) groups is 2. The molecular formula is C21H22ClN5O2. The van der Waals surface area contributed by atoms with Crippen molar-refractivity contribution in [2.24, 2.45) is 5.41 Å². The molecule has 4 rings (SSSR count). The van der Waals surface area contributed by atoms with E-state index in [1.165, 1.54) is 23.7 Å². The van der Waals surface area contributed by atoms with Crippen LogP contribution in [-0.4, -0.2) is 45.6 Å². The van der Waals surface area contributed by atoms with Crippen LogP contribution < -0.4 is 5.32 Å². The second-order valence-corrected chi connectivity index (χ2v) is 8.36. The van der Waals surface area contributed by atoms with Gasteiger partial charge in [0, 0.05) is 18.1 Å². The summed E-state index contributed by atoms with van der Waals surface area (Å²) in [6, 6.07) is 8.17. The van der Waals surface area contributed by atoms with E-state index in [4.69, 9.17) is 11.6 Å². The van der Waals surface area contributed by atoms with Crippen molar-refractivity contribution in [2.45, 2.75) is 38.6 Å². The Kier molecular flexibility index (Phi) is 5.05. The van der Waals surface area contributed by atoms with E-state index in [2.05, 4.69) is 10.4 Å². The molecule has 1 atom stereocenters. The van der Waals surface area contributed by atoms with Gasteiger partial charge < -0.3 is 10.2 Å². The van der Waals surface area contributed by atoms with Crippen molar-refractivity contribution in [3.8, 4) is 11.8 Å². The highest BCUT2D eigenvalue weighted by molar-refractivity contribution is 6.30. The molecule has 0 radical (unpaired) electrons. The fourth-order valence-corrected chi connectivity index (χ4v) is 4.01. The summed E-state index contributed by atoms with van der Waals surface area (Å²) in [4.78, 5) is 27.3. The summed E-state index contributed by atoms with van der Waals surface area (Å²) in [5.41, 5.74) is 1.36. The molecule has 1 aliphatic carbocycles. The van der Waals surface area contributed by atoms with Crippen LogP contribution in [-0.2, 0) is 4.79 Å². The van der Waals surface area contributed by atoms with Gasteiger partial charge in [0.2, 0.25) is 5.91 Å². The van der Waals surface area contributed by atoms with Crippen molar-refractivity contribution in [3.05, 3.63) is 46.7 Å². The Balaban J connectivity index is 1.44. The number of nitrogens with one attached hydrogen (secondary N) is 1. The number of rotatable bonds is 4. The van der Waals surface area contributed by atoms with Crippen LogP contribution in [0.25, 0.3) is 5.69 Å². The van der Waals surface area contributed by atoms with Crippen LogP contribution in [0.5, 0.6) is 0 Å². The molecule has 1 aliphatic heterocycles. The molecule has 1 saturated carbocycles. The second kappa shape index (κ2) is 7.53. The van der Waals surface area contributed by atoms with Gasteiger partial charge in [-0.3, -0.25) is 9.59 Å². The van der Waals surface area contributed by atoms with Gasteiger partial charge >= 0.3 is 0 Å². The van der Waals surface area contributed by atoms with Crippen LogP contribution in [0.15, 0.2) is 30.5 Å². The molecule has 2 aromatic rings. The SMILES string of the molecule is C[C@@H](NC(=O)c1cnn(-c2ccc(Cl)cc2)c1C#N)C(=O)N1CCC2(CC1)CC2. The Morgan fingerprint density at radius 1 is 1.21 bits per heavy atom. The van der Waals surface area contributed by atoms with Gasteiger partial charge in [-0.05, 0) is 62.3 Å². The highest BCUT2D eigenvalue weighted by atomic mass is 35.5. The molecule has 150 valence electrons. The maximum absolute atomic E-state index is 12.7. The highest BCUT2D eigenvalue weighted by Crippen LogP contribution is 2.53. The molecule has 1 saturated heterocycles. The lowest BCUT2D eigenvalue weighted by molar-refractivity contribution is -0.134. The summed E-state index contributed by atoms with van der Waals surface area (Å²) in [5, 5.41) is 17.0. The Labute approximate surface area is 174 Å². The van der Waals surface area contributed by atoms with E-state index in [0.717, 1.165) is 25.9 Å². The molecule has 2 fully saturated rings. The number of nitrogens with zero attached hydrogens (tertiary/aromatic N) is 4. The fraction of sp³-hybridized carbons (Fsp3) is 0.429. The average molecular weight is 412 g/mol. The van der Waals surface area contributed by atoms with E-state index in [1.807, 2.05) is 11.0 Å². The van der Waals surface area contributed by atoms with Crippen molar-refractivity contribution in [2.75, 3.05) is 13.1 Å². The lowest BCUT2D eigenvalue weighted by atomic mass is 9.93. The Morgan fingerprint density at radius 3 is 2.45 bits per heavy atom. The van der Waals surface area contributed by atoms with Gasteiger partial charge in [-0.15, -0.1) is 0 Å². The van der Waals surface area contributed by atoms with Gasteiger partial charge in [0.15, 0.2) is 5.69 Å². The predicted octanol–water partition coefficient (Wildman–Crippen LogP) is 2.92. The molecule has 8 heteroatoms. The number of aromatic nitrogens is 2. The zero-order chi connectivity index (χ0) is 20.6. The number of amides is 2. The van der Waals surface area contributed by atoms with E-state index in [1.54, 1.807) is 31.2 Å². The number of piperidine rings is 1. The summed E-state index contributed by atoms with van der Waals surface area (Å²) in [6.45, 7) is 3.17. The van der Waals surface area contributed by atoms with E-state index in [-0.39, 0.29) is 17.2 Å². The zero-order valence-electron chi connectivity index (χ0n) is 16.2. The molecule has 7 nitrogen and oxygen atoms in total. The smallest absolute Gasteiger partial charge is 0.256 e. The monoisotopic (exact) mass is 411 g/mol. The van der Waals surface area contributed by atoms with Gasteiger partial charge in [-0.1, -0.05) is 11.6 Å². The molecule has 1 aromatic heterocycles. The summed E-state index contributed by atoms with van der Waals surface area (Å²) in [7, 11) is 0. The first-order valence-corrected chi connectivity index (χ1v) is 10.1. The van der Waals surface area contributed by atoms with E-state index < -0.39 is 11.9 Å². The lowest BCUT2D eigenvalue weighted by Crippen LogP contribution is -2.49. The average Bonchev–Trinajstić information content (AvgIpc) is 3.33. The van der Waals surface area contributed by atoms with Crippen molar-refractivity contribution in [3.63, 3.8) is 0 Å². The van der Waals surface area contributed by atoms with Crippen molar-refractivity contribution < 1.29 is 9.59 Å². The first kappa shape index (κ1) is 19.5. The normalized spacial score (nSPS) is 18.2.